The van der Waals surface area contributed by atoms with Gasteiger partial charge in [-0.3, -0.25) is 4.79 Å². The molecule has 0 saturated heterocycles. The predicted octanol–water partition coefficient (Wildman–Crippen LogP) is 2.27. The molecule has 0 aliphatic rings. The van der Waals surface area contributed by atoms with Crippen molar-refractivity contribution in [1.29, 1.82) is 0 Å². The van der Waals surface area contributed by atoms with Crippen molar-refractivity contribution in [1.82, 2.24) is 5.32 Å². The average Bonchev–Trinajstić information content (AvgIpc) is 2.40. The highest BCUT2D eigenvalue weighted by Gasteiger charge is 2.18. The lowest BCUT2D eigenvalue weighted by atomic mass is 10.2. The number of carbonyl (C=O) groups excluding carboxylic acids is 1. The second-order valence-electron chi connectivity index (χ2n) is 4.07. The second kappa shape index (κ2) is 8.47. The molecule has 0 bridgehead atoms. The first-order chi connectivity index (χ1) is 9.58. The molecule has 0 spiro atoms. The van der Waals surface area contributed by atoms with Gasteiger partial charge in [0.1, 0.15) is 11.9 Å². The quantitative estimate of drug-likeness (QED) is 0.745. The van der Waals surface area contributed by atoms with Gasteiger partial charge in [0, 0.05) is 12.5 Å². The van der Waals surface area contributed by atoms with Crippen molar-refractivity contribution in [2.24, 2.45) is 0 Å². The minimum atomic E-state index is -0.763. The number of carbonyl (C=O) groups is 1. The van der Waals surface area contributed by atoms with Gasteiger partial charge in [-0.2, -0.15) is 0 Å². The van der Waals surface area contributed by atoms with Crippen molar-refractivity contribution >= 4 is 5.97 Å². The van der Waals surface area contributed by atoms with Gasteiger partial charge in [0.15, 0.2) is 11.6 Å². The number of hydrogen-bond donors (Lipinski definition) is 1. The summed E-state index contributed by atoms with van der Waals surface area (Å²) >= 11 is 0. The molecule has 0 heterocycles. The van der Waals surface area contributed by atoms with E-state index in [0.717, 1.165) is 12.1 Å². The minimum Gasteiger partial charge on any atom is -0.490 e. The van der Waals surface area contributed by atoms with Crippen molar-refractivity contribution in [3.8, 4) is 5.75 Å². The monoisotopic (exact) mass is 287 g/mol. The summed E-state index contributed by atoms with van der Waals surface area (Å²) in [6, 6.07) is 2.59. The SMILES string of the molecule is CCNC(CCOc1ccc(F)cc1F)C(=O)OCC. The molecule has 1 aromatic rings. The predicted molar refractivity (Wildman–Crippen MR) is 70.6 cm³/mol. The molecular weight excluding hydrogens is 268 g/mol. The summed E-state index contributed by atoms with van der Waals surface area (Å²) in [5, 5.41) is 2.97. The van der Waals surface area contributed by atoms with Gasteiger partial charge < -0.3 is 14.8 Å². The van der Waals surface area contributed by atoms with Crippen molar-refractivity contribution < 1.29 is 23.0 Å². The van der Waals surface area contributed by atoms with Crippen LogP contribution in [0.4, 0.5) is 8.78 Å². The zero-order valence-electron chi connectivity index (χ0n) is 11.6. The van der Waals surface area contributed by atoms with Crippen LogP contribution in [0.3, 0.4) is 0 Å². The van der Waals surface area contributed by atoms with Gasteiger partial charge in [0.25, 0.3) is 0 Å². The summed E-state index contributed by atoms with van der Waals surface area (Å²) in [7, 11) is 0. The topological polar surface area (TPSA) is 47.6 Å². The second-order valence-corrected chi connectivity index (χ2v) is 4.07. The molecule has 0 aliphatic carbocycles. The van der Waals surface area contributed by atoms with Gasteiger partial charge >= 0.3 is 5.97 Å². The maximum atomic E-state index is 13.3. The lowest BCUT2D eigenvalue weighted by Crippen LogP contribution is -2.39. The zero-order valence-corrected chi connectivity index (χ0v) is 11.6. The molecule has 1 atom stereocenters. The summed E-state index contributed by atoms with van der Waals surface area (Å²) in [6.07, 6.45) is 0.337. The molecule has 0 saturated carbocycles. The Labute approximate surface area is 117 Å². The maximum Gasteiger partial charge on any atom is 0.323 e. The Morgan fingerprint density at radius 1 is 1.35 bits per heavy atom. The largest absolute Gasteiger partial charge is 0.490 e. The van der Waals surface area contributed by atoms with E-state index in [1.54, 1.807) is 6.92 Å². The van der Waals surface area contributed by atoms with Crippen LogP contribution in [0, 0.1) is 11.6 Å². The highest BCUT2D eigenvalue weighted by molar-refractivity contribution is 5.75. The van der Waals surface area contributed by atoms with E-state index in [0.29, 0.717) is 19.6 Å². The highest BCUT2D eigenvalue weighted by Crippen LogP contribution is 2.17. The van der Waals surface area contributed by atoms with E-state index in [1.807, 2.05) is 6.92 Å². The number of likely N-dealkylation sites (N-methyl/N-ethyl adjacent to an activating group) is 1. The number of rotatable bonds is 8. The first-order valence-electron chi connectivity index (χ1n) is 6.56. The van der Waals surface area contributed by atoms with Crippen LogP contribution in [0.5, 0.6) is 5.75 Å². The van der Waals surface area contributed by atoms with Crippen LogP contribution in [0.15, 0.2) is 18.2 Å². The zero-order chi connectivity index (χ0) is 15.0. The highest BCUT2D eigenvalue weighted by atomic mass is 19.1. The Hall–Kier alpha value is -1.69. The van der Waals surface area contributed by atoms with E-state index >= 15 is 0 Å². The van der Waals surface area contributed by atoms with Crippen LogP contribution in [0.2, 0.25) is 0 Å². The van der Waals surface area contributed by atoms with Crippen LogP contribution in [0.1, 0.15) is 20.3 Å². The third kappa shape index (κ3) is 5.13. The van der Waals surface area contributed by atoms with Crippen LogP contribution in [-0.4, -0.2) is 31.8 Å². The first kappa shape index (κ1) is 16.4. The summed E-state index contributed by atoms with van der Waals surface area (Å²) < 4.78 is 36.2. The molecule has 0 amide bonds. The molecule has 20 heavy (non-hydrogen) atoms. The number of ether oxygens (including phenoxy) is 2. The number of nitrogens with one attached hydrogen (secondary N) is 1. The number of esters is 1. The van der Waals surface area contributed by atoms with E-state index in [4.69, 9.17) is 9.47 Å². The fraction of sp³-hybridized carbons (Fsp3) is 0.500. The van der Waals surface area contributed by atoms with E-state index in [9.17, 15) is 13.6 Å². The van der Waals surface area contributed by atoms with Crippen LogP contribution in [0.25, 0.3) is 0 Å². The molecule has 1 unspecified atom stereocenters. The molecule has 112 valence electrons. The van der Waals surface area contributed by atoms with Gasteiger partial charge in [-0.25, -0.2) is 8.78 Å². The Morgan fingerprint density at radius 2 is 2.10 bits per heavy atom. The Kier molecular flexibility index (Phi) is 6.93. The number of halogens is 2. The summed E-state index contributed by atoms with van der Waals surface area (Å²) in [4.78, 5) is 11.6. The maximum absolute atomic E-state index is 13.3. The summed E-state index contributed by atoms with van der Waals surface area (Å²) in [6.45, 7) is 4.62. The van der Waals surface area contributed by atoms with Crippen LogP contribution >= 0.6 is 0 Å². The third-order valence-corrected chi connectivity index (χ3v) is 2.58. The molecule has 0 fully saturated rings. The summed E-state index contributed by atoms with van der Waals surface area (Å²) in [5.74, 6) is -1.82. The molecule has 1 aromatic carbocycles. The Balaban J connectivity index is 2.49. The number of hydrogen-bond acceptors (Lipinski definition) is 4. The molecule has 4 nitrogen and oxygen atoms in total. The molecule has 0 radical (unpaired) electrons. The van der Waals surface area contributed by atoms with Crippen molar-refractivity contribution in [3.63, 3.8) is 0 Å². The molecule has 1 N–H and O–H groups in total. The van der Waals surface area contributed by atoms with E-state index in [1.165, 1.54) is 6.07 Å². The van der Waals surface area contributed by atoms with Crippen LogP contribution in [-0.2, 0) is 9.53 Å². The van der Waals surface area contributed by atoms with Crippen molar-refractivity contribution in [2.75, 3.05) is 19.8 Å². The third-order valence-electron chi connectivity index (χ3n) is 2.58. The summed E-state index contributed by atoms with van der Waals surface area (Å²) in [5.41, 5.74) is 0. The molecule has 6 heteroatoms. The lowest BCUT2D eigenvalue weighted by molar-refractivity contribution is -0.146. The van der Waals surface area contributed by atoms with E-state index < -0.39 is 17.7 Å². The number of benzene rings is 1. The van der Waals surface area contributed by atoms with Gasteiger partial charge in [-0.1, -0.05) is 6.92 Å². The first-order valence-corrected chi connectivity index (χ1v) is 6.56. The molecule has 1 rings (SSSR count). The standard InChI is InChI=1S/C14H19F2NO3/c1-3-17-12(14(18)19-4-2)7-8-20-13-6-5-10(15)9-11(13)16/h5-6,9,12,17H,3-4,7-8H2,1-2H3. The molecule has 0 aromatic heterocycles. The Bertz CT molecular complexity index is 440. The molecular formula is C14H19F2NO3. The van der Waals surface area contributed by atoms with Gasteiger partial charge in [0.2, 0.25) is 0 Å². The smallest absolute Gasteiger partial charge is 0.323 e. The Morgan fingerprint density at radius 3 is 2.70 bits per heavy atom. The average molecular weight is 287 g/mol. The van der Waals surface area contributed by atoms with Gasteiger partial charge in [-0.15, -0.1) is 0 Å². The van der Waals surface area contributed by atoms with Gasteiger partial charge in [0.05, 0.1) is 13.2 Å². The fourth-order valence-corrected chi connectivity index (χ4v) is 1.67. The van der Waals surface area contributed by atoms with Crippen molar-refractivity contribution in [2.45, 2.75) is 26.3 Å². The van der Waals surface area contributed by atoms with Crippen LogP contribution < -0.4 is 10.1 Å². The fourth-order valence-electron chi connectivity index (χ4n) is 1.67. The lowest BCUT2D eigenvalue weighted by Gasteiger charge is -2.16. The van der Waals surface area contributed by atoms with Gasteiger partial charge in [-0.05, 0) is 25.6 Å². The normalized spacial score (nSPS) is 12.0. The van der Waals surface area contributed by atoms with E-state index in [2.05, 4.69) is 5.32 Å². The minimum absolute atomic E-state index is 0.0366. The molecule has 0 aliphatic heterocycles. The van der Waals surface area contributed by atoms with E-state index in [-0.39, 0.29) is 18.3 Å². The van der Waals surface area contributed by atoms with Crippen molar-refractivity contribution in [3.05, 3.63) is 29.8 Å².